The molecule has 2 bridgehead atoms. The van der Waals surface area contributed by atoms with Gasteiger partial charge >= 0.3 is 0 Å². The summed E-state index contributed by atoms with van der Waals surface area (Å²) >= 11 is 0. The number of hydrogen-bond donors (Lipinski definition) is 0. The summed E-state index contributed by atoms with van der Waals surface area (Å²) < 4.78 is 6.47. The minimum absolute atomic E-state index is 0.0289. The normalized spacial score (nSPS) is 47.6. The molecule has 0 aliphatic carbocycles. The lowest BCUT2D eigenvalue weighted by Crippen LogP contribution is -2.65. The second-order valence-electron chi connectivity index (χ2n) is 7.26. The van der Waals surface area contributed by atoms with E-state index in [1.54, 1.807) is 0 Å². The Kier molecular flexibility index (Phi) is 2.34. The Balaban J connectivity index is 2.58. The highest BCUT2D eigenvalue weighted by Gasteiger charge is 2.72. The summed E-state index contributed by atoms with van der Waals surface area (Å²) in [5, 5.41) is 0. The van der Waals surface area contributed by atoms with E-state index < -0.39 is 0 Å². The number of likely N-dealkylation sites (tertiary alicyclic amines) is 1. The maximum absolute atomic E-state index is 6.47. The number of fused-ring (bicyclic) bond motifs is 2. The van der Waals surface area contributed by atoms with Crippen molar-refractivity contribution < 1.29 is 4.74 Å². The zero-order valence-electron chi connectivity index (χ0n) is 12.1. The minimum atomic E-state index is -0.0289. The third-order valence-electron chi connectivity index (χ3n) is 5.36. The molecule has 0 N–H and O–H groups in total. The lowest BCUT2D eigenvalue weighted by atomic mass is 9.63. The van der Waals surface area contributed by atoms with Crippen LogP contribution in [0.4, 0.5) is 0 Å². The number of rotatable bonds is 0. The fraction of sp³-hybridized carbons (Fsp3) is 1.00. The van der Waals surface area contributed by atoms with E-state index in [4.69, 9.17) is 4.74 Å². The summed E-state index contributed by atoms with van der Waals surface area (Å²) in [6, 6.07) is 0.564. The molecule has 0 aromatic rings. The second-order valence-corrected chi connectivity index (χ2v) is 7.26. The first-order chi connectivity index (χ1) is 7.07. The smallest absolute Gasteiger partial charge is 0.0953 e. The molecule has 0 amide bonds. The standard InChI is InChI=1S/C14H27NO/c1-9-11-10(2)16-14(9,12(3,4)5)13(6,7)15(11)8/h9-11H,1-8H3/t9?,10-,11+,14?/m0/s1. The fourth-order valence-electron chi connectivity index (χ4n) is 4.88. The van der Waals surface area contributed by atoms with Crippen LogP contribution in [0.5, 0.6) is 0 Å². The summed E-state index contributed by atoms with van der Waals surface area (Å²) in [6.45, 7) is 16.2. The number of nitrogens with zero attached hydrogens (tertiary/aromatic N) is 1. The van der Waals surface area contributed by atoms with E-state index in [1.807, 2.05) is 0 Å². The van der Waals surface area contributed by atoms with Crippen LogP contribution in [0, 0.1) is 11.3 Å². The molecule has 2 nitrogen and oxygen atoms in total. The number of hydrogen-bond acceptors (Lipinski definition) is 2. The molecule has 0 aromatic carbocycles. The van der Waals surface area contributed by atoms with E-state index in [1.165, 1.54) is 0 Å². The molecule has 2 rings (SSSR count). The van der Waals surface area contributed by atoms with E-state index >= 15 is 0 Å². The molecule has 2 saturated heterocycles. The average molecular weight is 225 g/mol. The van der Waals surface area contributed by atoms with Gasteiger partial charge in [0.1, 0.15) is 0 Å². The monoisotopic (exact) mass is 225 g/mol. The average Bonchev–Trinajstić information content (AvgIpc) is 2.42. The van der Waals surface area contributed by atoms with Gasteiger partial charge in [0.2, 0.25) is 0 Å². The molecule has 0 aromatic heterocycles. The summed E-state index contributed by atoms with van der Waals surface area (Å²) in [5.74, 6) is 0.600. The molecule has 2 aliphatic rings. The molecule has 94 valence electrons. The Labute approximate surface area is 100 Å². The Morgan fingerprint density at radius 2 is 1.62 bits per heavy atom. The molecule has 16 heavy (non-hydrogen) atoms. The van der Waals surface area contributed by atoms with Gasteiger partial charge in [-0.3, -0.25) is 4.90 Å². The fourth-order valence-corrected chi connectivity index (χ4v) is 4.88. The Morgan fingerprint density at radius 1 is 1.12 bits per heavy atom. The summed E-state index contributed by atoms with van der Waals surface area (Å²) in [6.07, 6.45) is 0.354. The van der Waals surface area contributed by atoms with Gasteiger partial charge in [0, 0.05) is 17.5 Å². The number of likely N-dealkylation sites (N-methyl/N-ethyl adjacent to an activating group) is 1. The quantitative estimate of drug-likeness (QED) is 0.628. The second kappa shape index (κ2) is 3.02. The van der Waals surface area contributed by atoms with Crippen LogP contribution in [0.1, 0.15) is 48.5 Å². The Morgan fingerprint density at radius 3 is 1.94 bits per heavy atom. The zero-order chi connectivity index (χ0) is 12.5. The molecule has 2 fully saturated rings. The number of ether oxygens (including phenoxy) is 1. The first-order valence-electron chi connectivity index (χ1n) is 6.48. The lowest BCUT2D eigenvalue weighted by molar-refractivity contribution is -0.204. The maximum atomic E-state index is 6.47. The van der Waals surface area contributed by atoms with E-state index in [0.29, 0.717) is 18.1 Å². The van der Waals surface area contributed by atoms with Crippen LogP contribution in [0.15, 0.2) is 0 Å². The first kappa shape index (κ1) is 12.4. The molecular formula is C14H27NO. The largest absolute Gasteiger partial charge is 0.368 e. The van der Waals surface area contributed by atoms with Gasteiger partial charge in [0.25, 0.3) is 0 Å². The molecule has 0 spiro atoms. The van der Waals surface area contributed by atoms with Crippen molar-refractivity contribution in [2.45, 2.75) is 71.8 Å². The third kappa shape index (κ3) is 1.06. The topological polar surface area (TPSA) is 12.5 Å². The highest BCUT2D eigenvalue weighted by Crippen LogP contribution is 2.61. The van der Waals surface area contributed by atoms with Crippen molar-refractivity contribution in [1.82, 2.24) is 4.90 Å². The summed E-state index contributed by atoms with van der Waals surface area (Å²) in [4.78, 5) is 2.54. The van der Waals surface area contributed by atoms with Crippen LogP contribution in [0.25, 0.3) is 0 Å². The SMILES string of the molecule is CC1[C@@H]2[C@H](C)OC1(C(C)(C)C)C(C)(C)N2C. The molecule has 2 heterocycles. The van der Waals surface area contributed by atoms with Crippen molar-refractivity contribution >= 4 is 0 Å². The molecule has 2 unspecified atom stereocenters. The van der Waals surface area contributed by atoms with Crippen LogP contribution in [-0.2, 0) is 4.74 Å². The lowest BCUT2D eigenvalue weighted by Gasteiger charge is -2.55. The predicted molar refractivity (Wildman–Crippen MR) is 67.5 cm³/mol. The van der Waals surface area contributed by atoms with Gasteiger partial charge in [-0.15, -0.1) is 0 Å². The first-order valence-corrected chi connectivity index (χ1v) is 6.48. The van der Waals surface area contributed by atoms with Crippen molar-refractivity contribution in [2.75, 3.05) is 7.05 Å². The van der Waals surface area contributed by atoms with E-state index in [9.17, 15) is 0 Å². The van der Waals surface area contributed by atoms with Crippen LogP contribution in [0.2, 0.25) is 0 Å². The predicted octanol–water partition coefficient (Wildman–Crippen LogP) is 2.92. The third-order valence-corrected chi connectivity index (χ3v) is 5.36. The molecule has 0 saturated carbocycles. The minimum Gasteiger partial charge on any atom is -0.368 e. The van der Waals surface area contributed by atoms with Crippen molar-refractivity contribution in [3.05, 3.63) is 0 Å². The van der Waals surface area contributed by atoms with E-state index in [-0.39, 0.29) is 16.6 Å². The number of morpholine rings is 1. The van der Waals surface area contributed by atoms with Crippen LogP contribution in [0.3, 0.4) is 0 Å². The van der Waals surface area contributed by atoms with Crippen molar-refractivity contribution in [3.8, 4) is 0 Å². The van der Waals surface area contributed by atoms with Crippen LogP contribution >= 0.6 is 0 Å². The molecule has 2 aliphatic heterocycles. The maximum Gasteiger partial charge on any atom is 0.0953 e. The van der Waals surface area contributed by atoms with Gasteiger partial charge in [-0.05, 0) is 33.2 Å². The van der Waals surface area contributed by atoms with Crippen LogP contribution in [-0.4, -0.2) is 35.2 Å². The van der Waals surface area contributed by atoms with E-state index in [2.05, 4.69) is 60.4 Å². The van der Waals surface area contributed by atoms with Gasteiger partial charge in [-0.25, -0.2) is 0 Å². The van der Waals surface area contributed by atoms with Crippen molar-refractivity contribution in [1.29, 1.82) is 0 Å². The highest BCUT2D eigenvalue weighted by molar-refractivity contribution is 5.24. The molecular weight excluding hydrogens is 198 g/mol. The molecule has 4 atom stereocenters. The Hall–Kier alpha value is -0.0800. The van der Waals surface area contributed by atoms with Gasteiger partial charge in [0.05, 0.1) is 11.7 Å². The summed E-state index contributed by atoms with van der Waals surface area (Å²) in [5.41, 5.74) is 0.254. The van der Waals surface area contributed by atoms with Crippen molar-refractivity contribution in [2.24, 2.45) is 11.3 Å². The van der Waals surface area contributed by atoms with Crippen molar-refractivity contribution in [3.63, 3.8) is 0 Å². The van der Waals surface area contributed by atoms with Gasteiger partial charge < -0.3 is 4.74 Å². The van der Waals surface area contributed by atoms with Gasteiger partial charge in [0.15, 0.2) is 0 Å². The Bertz CT molecular complexity index is 304. The van der Waals surface area contributed by atoms with Crippen LogP contribution < -0.4 is 0 Å². The van der Waals surface area contributed by atoms with Gasteiger partial charge in [-0.2, -0.15) is 0 Å². The molecule has 2 heteroatoms. The van der Waals surface area contributed by atoms with E-state index in [0.717, 1.165) is 0 Å². The van der Waals surface area contributed by atoms with Gasteiger partial charge in [-0.1, -0.05) is 27.7 Å². The highest BCUT2D eigenvalue weighted by atomic mass is 16.5. The molecule has 0 radical (unpaired) electrons. The zero-order valence-corrected chi connectivity index (χ0v) is 12.1. The summed E-state index contributed by atoms with van der Waals surface area (Å²) in [7, 11) is 2.26.